The summed E-state index contributed by atoms with van der Waals surface area (Å²) in [6.45, 7) is 0.507. The van der Waals surface area contributed by atoms with E-state index in [1.54, 1.807) is 12.1 Å². The molecule has 1 aromatic heterocycles. The van der Waals surface area contributed by atoms with Crippen LogP contribution in [-0.4, -0.2) is 34.6 Å². The number of rotatable bonds is 9. The maximum Gasteiger partial charge on any atom is 0.319 e. The largest absolute Gasteiger partial charge is 0.396 e. The Hall–Kier alpha value is -1.81. The summed E-state index contributed by atoms with van der Waals surface area (Å²) in [7, 11) is 0. The van der Waals surface area contributed by atoms with E-state index in [0.717, 1.165) is 17.1 Å². The number of anilines is 1. The van der Waals surface area contributed by atoms with Crippen LogP contribution in [0.5, 0.6) is 0 Å². The van der Waals surface area contributed by atoms with Crippen molar-refractivity contribution in [2.24, 2.45) is 5.73 Å². The second kappa shape index (κ2) is 10.4. The van der Waals surface area contributed by atoms with Crippen LogP contribution in [0.25, 0.3) is 0 Å². The SMILES string of the molecule is NC(=O)c1c(SCc2ccc(Cl)cc2)nsc1NC(=O)NCCCCO. The van der Waals surface area contributed by atoms with Gasteiger partial charge in [-0.25, -0.2) is 4.79 Å². The van der Waals surface area contributed by atoms with Gasteiger partial charge in [-0.1, -0.05) is 35.5 Å². The molecule has 1 heterocycles. The van der Waals surface area contributed by atoms with Crippen LogP contribution in [-0.2, 0) is 5.75 Å². The Morgan fingerprint density at radius 2 is 2.00 bits per heavy atom. The number of benzene rings is 1. The summed E-state index contributed by atoms with van der Waals surface area (Å²) < 4.78 is 4.23. The van der Waals surface area contributed by atoms with E-state index in [2.05, 4.69) is 15.0 Å². The number of urea groups is 1. The standard InChI is InChI=1S/C16H19ClN4O3S2/c17-11-5-3-10(4-6-11)9-25-15-12(13(18)23)14(26-21-15)20-16(24)19-7-1-2-8-22/h3-6,22H,1-2,7-9H2,(H2,18,23)(H2,19,20,24). The number of nitrogens with one attached hydrogen (secondary N) is 2. The lowest BCUT2D eigenvalue weighted by Crippen LogP contribution is -2.30. The highest BCUT2D eigenvalue weighted by Gasteiger charge is 2.20. The van der Waals surface area contributed by atoms with E-state index in [4.69, 9.17) is 22.4 Å². The zero-order chi connectivity index (χ0) is 18.9. The predicted molar refractivity (Wildman–Crippen MR) is 105 cm³/mol. The topological polar surface area (TPSA) is 117 Å². The van der Waals surface area contributed by atoms with E-state index in [9.17, 15) is 9.59 Å². The first-order chi connectivity index (χ1) is 12.5. The summed E-state index contributed by atoms with van der Waals surface area (Å²) in [5.74, 6) is -0.0542. The fourth-order valence-corrected chi connectivity index (χ4v) is 4.04. The summed E-state index contributed by atoms with van der Waals surface area (Å²) in [4.78, 5) is 23.7. The number of thioether (sulfide) groups is 1. The first-order valence-electron chi connectivity index (χ1n) is 7.83. The lowest BCUT2D eigenvalue weighted by Gasteiger charge is -2.07. The van der Waals surface area contributed by atoms with Crippen molar-refractivity contribution in [1.29, 1.82) is 0 Å². The highest BCUT2D eigenvalue weighted by molar-refractivity contribution is 7.98. The molecule has 0 aliphatic heterocycles. The molecule has 0 atom stereocenters. The van der Waals surface area contributed by atoms with E-state index < -0.39 is 11.9 Å². The van der Waals surface area contributed by atoms with Gasteiger partial charge in [0.2, 0.25) is 0 Å². The zero-order valence-electron chi connectivity index (χ0n) is 13.8. The van der Waals surface area contributed by atoms with Gasteiger partial charge in [0.05, 0.1) is 0 Å². The molecule has 140 valence electrons. The molecule has 10 heteroatoms. The molecule has 0 spiro atoms. The Labute approximate surface area is 164 Å². The minimum atomic E-state index is -0.645. The molecule has 3 amide bonds. The number of carbonyl (C=O) groups is 2. The van der Waals surface area contributed by atoms with E-state index in [1.165, 1.54) is 11.8 Å². The van der Waals surface area contributed by atoms with Gasteiger partial charge < -0.3 is 16.2 Å². The van der Waals surface area contributed by atoms with Gasteiger partial charge in [0.1, 0.15) is 15.6 Å². The molecule has 2 rings (SSSR count). The zero-order valence-corrected chi connectivity index (χ0v) is 16.2. The lowest BCUT2D eigenvalue weighted by molar-refractivity contribution is 0.0998. The normalized spacial score (nSPS) is 10.5. The molecular formula is C16H19ClN4O3S2. The van der Waals surface area contributed by atoms with Gasteiger partial charge >= 0.3 is 6.03 Å². The minimum absolute atomic E-state index is 0.0815. The highest BCUT2D eigenvalue weighted by atomic mass is 35.5. The van der Waals surface area contributed by atoms with E-state index in [1.807, 2.05) is 12.1 Å². The molecule has 0 fully saturated rings. The second-order valence-electron chi connectivity index (χ2n) is 5.28. The number of hydrogen-bond donors (Lipinski definition) is 4. The smallest absolute Gasteiger partial charge is 0.319 e. The molecule has 0 saturated carbocycles. The first kappa shape index (κ1) is 20.5. The van der Waals surface area contributed by atoms with E-state index >= 15 is 0 Å². The number of aromatic nitrogens is 1. The van der Waals surface area contributed by atoms with Gasteiger partial charge in [0.25, 0.3) is 5.91 Å². The first-order valence-corrected chi connectivity index (χ1v) is 9.97. The average Bonchev–Trinajstić information content (AvgIpc) is 3.01. The highest BCUT2D eigenvalue weighted by Crippen LogP contribution is 2.33. The molecule has 5 N–H and O–H groups in total. The Morgan fingerprint density at radius 3 is 2.65 bits per heavy atom. The van der Waals surface area contributed by atoms with Crippen molar-refractivity contribution in [3.05, 3.63) is 40.4 Å². The van der Waals surface area contributed by atoms with Gasteiger partial charge in [-0.3, -0.25) is 10.1 Å². The number of halogens is 1. The molecule has 2 aromatic rings. The molecule has 0 aliphatic carbocycles. The third-order valence-electron chi connectivity index (χ3n) is 3.29. The van der Waals surface area contributed by atoms with Gasteiger partial charge in [-0.2, -0.15) is 4.37 Å². The second-order valence-corrected chi connectivity index (χ2v) is 7.46. The van der Waals surface area contributed by atoms with Crippen molar-refractivity contribution in [3.63, 3.8) is 0 Å². The molecule has 7 nitrogen and oxygen atoms in total. The molecule has 0 aliphatic rings. The molecule has 0 saturated heterocycles. The van der Waals surface area contributed by atoms with Gasteiger partial charge in [-0.05, 0) is 42.1 Å². The van der Waals surface area contributed by atoms with E-state index in [0.29, 0.717) is 40.2 Å². The maximum atomic E-state index is 11.9. The van der Waals surface area contributed by atoms with Crippen molar-refractivity contribution < 1.29 is 14.7 Å². The summed E-state index contributed by atoms with van der Waals surface area (Å²) in [6, 6.07) is 6.93. The Balaban J connectivity index is 1.99. The fourth-order valence-electron chi connectivity index (χ4n) is 1.99. The van der Waals surface area contributed by atoms with Crippen molar-refractivity contribution >= 4 is 51.8 Å². The van der Waals surface area contributed by atoms with E-state index in [-0.39, 0.29) is 12.2 Å². The molecule has 1 aromatic carbocycles. The fraction of sp³-hybridized carbons (Fsp3) is 0.312. The molecule has 0 radical (unpaired) electrons. The third-order valence-corrected chi connectivity index (χ3v) is 5.47. The monoisotopic (exact) mass is 414 g/mol. The van der Waals surface area contributed by atoms with Crippen LogP contribution in [0.2, 0.25) is 5.02 Å². The van der Waals surface area contributed by atoms with Crippen molar-refractivity contribution in [2.75, 3.05) is 18.5 Å². The van der Waals surface area contributed by atoms with Crippen molar-refractivity contribution in [1.82, 2.24) is 9.69 Å². The van der Waals surface area contributed by atoms with Gasteiger partial charge in [0.15, 0.2) is 0 Å². The van der Waals surface area contributed by atoms with Crippen molar-refractivity contribution in [3.8, 4) is 0 Å². The van der Waals surface area contributed by atoms with Crippen LogP contribution in [0.3, 0.4) is 0 Å². The summed E-state index contributed by atoms with van der Waals surface area (Å²) in [6.07, 6.45) is 1.27. The number of aliphatic hydroxyl groups is 1. The van der Waals surface area contributed by atoms with Crippen LogP contribution >= 0.6 is 34.9 Å². The predicted octanol–water partition coefficient (Wildman–Crippen LogP) is 3.08. The summed E-state index contributed by atoms with van der Waals surface area (Å²) in [5.41, 5.74) is 6.70. The van der Waals surface area contributed by atoms with Crippen LogP contribution in [0.15, 0.2) is 29.3 Å². The number of unbranched alkanes of at least 4 members (excludes halogenated alkanes) is 1. The number of carbonyl (C=O) groups excluding carboxylic acids is 2. The van der Waals surface area contributed by atoms with Crippen LogP contribution in [0.1, 0.15) is 28.8 Å². The molecule has 0 bridgehead atoms. The van der Waals surface area contributed by atoms with Crippen molar-refractivity contribution in [2.45, 2.75) is 23.6 Å². The number of hydrogen-bond acceptors (Lipinski definition) is 6. The van der Waals surface area contributed by atoms with Gasteiger partial charge in [-0.15, -0.1) is 0 Å². The molecule has 26 heavy (non-hydrogen) atoms. The number of amides is 3. The maximum absolute atomic E-state index is 11.9. The lowest BCUT2D eigenvalue weighted by atomic mass is 10.2. The Morgan fingerprint density at radius 1 is 1.27 bits per heavy atom. The number of aliphatic hydroxyl groups excluding tert-OH is 1. The summed E-state index contributed by atoms with van der Waals surface area (Å²) >= 11 is 8.24. The Bertz CT molecular complexity index is 752. The average molecular weight is 415 g/mol. The van der Waals surface area contributed by atoms with Crippen LogP contribution in [0.4, 0.5) is 9.80 Å². The number of nitrogens with zero attached hydrogens (tertiary/aromatic N) is 1. The number of primary amides is 1. The molecule has 0 unspecified atom stereocenters. The number of nitrogens with two attached hydrogens (primary N) is 1. The van der Waals surface area contributed by atoms with Gasteiger partial charge in [0, 0.05) is 23.9 Å². The summed E-state index contributed by atoms with van der Waals surface area (Å²) in [5, 5.41) is 15.4. The molecular weight excluding hydrogens is 396 g/mol. The minimum Gasteiger partial charge on any atom is -0.396 e. The Kier molecular flexibility index (Phi) is 8.17. The van der Waals surface area contributed by atoms with Crippen LogP contribution in [0, 0.1) is 0 Å². The third kappa shape index (κ3) is 6.17. The quantitative estimate of drug-likeness (QED) is 0.371. The van der Waals surface area contributed by atoms with Crippen LogP contribution < -0.4 is 16.4 Å².